The highest BCUT2D eigenvalue weighted by Crippen LogP contribution is 2.14. The zero-order valence-electron chi connectivity index (χ0n) is 14.3. The fourth-order valence-corrected chi connectivity index (χ4v) is 1.89. The van der Waals surface area contributed by atoms with Gasteiger partial charge in [-0.15, -0.1) is 0 Å². The van der Waals surface area contributed by atoms with Crippen molar-refractivity contribution < 1.29 is 28.7 Å². The average molecular weight is 334 g/mol. The van der Waals surface area contributed by atoms with Crippen molar-refractivity contribution in [1.82, 2.24) is 5.32 Å². The lowest BCUT2D eigenvalue weighted by Crippen LogP contribution is -2.48. The smallest absolute Gasteiger partial charge is 0.407 e. The van der Waals surface area contributed by atoms with Crippen molar-refractivity contribution in [3.63, 3.8) is 0 Å². The van der Waals surface area contributed by atoms with E-state index in [1.807, 2.05) is 0 Å². The lowest BCUT2D eigenvalue weighted by molar-refractivity contribution is -0.489. The highest BCUT2D eigenvalue weighted by molar-refractivity contribution is 5.70. The molecule has 0 aliphatic heterocycles. The SMILES string of the molecule is CCOC(=O)CC(C[N+](=O)[O-])[C@@H](COC)NC(=O)OC(C)(C)C. The van der Waals surface area contributed by atoms with Crippen LogP contribution in [0.2, 0.25) is 0 Å². The van der Waals surface area contributed by atoms with Gasteiger partial charge in [-0.1, -0.05) is 0 Å². The summed E-state index contributed by atoms with van der Waals surface area (Å²) in [5.74, 6) is -1.33. The Morgan fingerprint density at radius 3 is 2.35 bits per heavy atom. The van der Waals surface area contributed by atoms with Crippen molar-refractivity contribution in [3.8, 4) is 0 Å². The molecule has 0 aromatic heterocycles. The number of ether oxygens (including phenoxy) is 3. The number of esters is 1. The maximum Gasteiger partial charge on any atom is 0.407 e. The van der Waals surface area contributed by atoms with Crippen LogP contribution in [0.4, 0.5) is 4.79 Å². The van der Waals surface area contributed by atoms with Crippen molar-refractivity contribution in [2.24, 2.45) is 5.92 Å². The first kappa shape index (κ1) is 21.1. The van der Waals surface area contributed by atoms with Crippen molar-refractivity contribution in [3.05, 3.63) is 10.1 Å². The number of methoxy groups -OCH3 is 1. The molecule has 134 valence electrons. The maximum atomic E-state index is 11.9. The van der Waals surface area contributed by atoms with Crippen LogP contribution in [-0.4, -0.2) is 55.5 Å². The molecule has 0 aromatic carbocycles. The normalized spacial score (nSPS) is 13.8. The number of rotatable bonds is 9. The molecule has 0 fully saturated rings. The van der Waals surface area contributed by atoms with Gasteiger partial charge in [0.25, 0.3) is 0 Å². The number of nitrogens with one attached hydrogen (secondary N) is 1. The van der Waals surface area contributed by atoms with Crippen LogP contribution >= 0.6 is 0 Å². The molecule has 0 aromatic rings. The van der Waals surface area contributed by atoms with Crippen LogP contribution in [-0.2, 0) is 19.0 Å². The van der Waals surface area contributed by atoms with Crippen LogP contribution in [0.1, 0.15) is 34.1 Å². The molecule has 1 amide bonds. The van der Waals surface area contributed by atoms with Gasteiger partial charge in [-0.3, -0.25) is 14.9 Å². The molecule has 0 saturated heterocycles. The van der Waals surface area contributed by atoms with E-state index < -0.39 is 41.1 Å². The number of nitrogens with zero attached hydrogens (tertiary/aromatic N) is 1. The van der Waals surface area contributed by atoms with E-state index >= 15 is 0 Å². The Kier molecular flexibility index (Phi) is 9.16. The van der Waals surface area contributed by atoms with Gasteiger partial charge in [-0.25, -0.2) is 4.79 Å². The average Bonchev–Trinajstić information content (AvgIpc) is 2.34. The Balaban J connectivity index is 5.00. The molecule has 9 nitrogen and oxygen atoms in total. The van der Waals surface area contributed by atoms with Gasteiger partial charge in [0.2, 0.25) is 6.54 Å². The predicted molar refractivity (Wildman–Crippen MR) is 81.6 cm³/mol. The molecule has 0 aliphatic carbocycles. The summed E-state index contributed by atoms with van der Waals surface area (Å²) in [4.78, 5) is 33.8. The topological polar surface area (TPSA) is 117 Å². The van der Waals surface area contributed by atoms with E-state index in [1.165, 1.54) is 7.11 Å². The summed E-state index contributed by atoms with van der Waals surface area (Å²) in [5, 5.41) is 13.4. The summed E-state index contributed by atoms with van der Waals surface area (Å²) in [6.45, 7) is 6.44. The number of carbonyl (C=O) groups is 2. The summed E-state index contributed by atoms with van der Waals surface area (Å²) in [6, 6.07) is -0.746. The highest BCUT2D eigenvalue weighted by Gasteiger charge is 2.31. The van der Waals surface area contributed by atoms with Gasteiger partial charge in [-0.05, 0) is 27.7 Å². The molecule has 9 heteroatoms. The number of hydrogen-bond acceptors (Lipinski definition) is 7. The molecule has 1 N–H and O–H groups in total. The lowest BCUT2D eigenvalue weighted by atomic mass is 9.96. The minimum Gasteiger partial charge on any atom is -0.466 e. The second-order valence-electron chi connectivity index (χ2n) is 5.99. The van der Waals surface area contributed by atoms with Crippen molar-refractivity contribution in [1.29, 1.82) is 0 Å². The first-order chi connectivity index (χ1) is 10.6. The Hall–Kier alpha value is -1.90. The van der Waals surface area contributed by atoms with E-state index in [4.69, 9.17) is 14.2 Å². The molecule has 23 heavy (non-hydrogen) atoms. The number of hydrogen-bond donors (Lipinski definition) is 1. The second-order valence-corrected chi connectivity index (χ2v) is 5.99. The number of carbonyl (C=O) groups excluding carboxylic acids is 2. The largest absolute Gasteiger partial charge is 0.466 e. The molecule has 0 heterocycles. The van der Waals surface area contributed by atoms with E-state index in [0.717, 1.165) is 0 Å². The minimum absolute atomic E-state index is 0.0111. The van der Waals surface area contributed by atoms with Crippen LogP contribution in [0, 0.1) is 16.0 Å². The van der Waals surface area contributed by atoms with E-state index in [1.54, 1.807) is 27.7 Å². The van der Waals surface area contributed by atoms with Crippen molar-refractivity contribution >= 4 is 12.1 Å². The highest BCUT2D eigenvalue weighted by atomic mass is 16.6. The maximum absolute atomic E-state index is 11.9. The Morgan fingerprint density at radius 2 is 1.91 bits per heavy atom. The van der Waals surface area contributed by atoms with Gasteiger partial charge < -0.3 is 19.5 Å². The van der Waals surface area contributed by atoms with Gasteiger partial charge in [0.05, 0.1) is 31.6 Å². The Morgan fingerprint density at radius 1 is 1.30 bits per heavy atom. The quantitative estimate of drug-likeness (QED) is 0.384. The summed E-state index contributed by atoms with van der Waals surface area (Å²) < 4.78 is 14.9. The fourth-order valence-electron chi connectivity index (χ4n) is 1.89. The van der Waals surface area contributed by atoms with E-state index in [-0.39, 0.29) is 19.6 Å². The summed E-state index contributed by atoms with van der Waals surface area (Å²) in [5.41, 5.74) is -0.707. The fraction of sp³-hybridized carbons (Fsp3) is 0.857. The third-order valence-corrected chi connectivity index (χ3v) is 2.74. The summed E-state index contributed by atoms with van der Waals surface area (Å²) in [6.07, 6.45) is -0.921. The first-order valence-electron chi connectivity index (χ1n) is 7.35. The molecule has 2 atom stereocenters. The molecule has 0 spiro atoms. The number of amides is 1. The number of nitro groups is 1. The zero-order chi connectivity index (χ0) is 18.0. The minimum atomic E-state index is -0.767. The van der Waals surface area contributed by atoms with Gasteiger partial charge >= 0.3 is 12.1 Å². The Bertz CT molecular complexity index is 406. The standard InChI is InChI=1S/C14H26N2O7/c1-6-22-12(17)7-10(8-16(19)20)11(9-21-5)15-13(18)23-14(2,3)4/h10-11H,6-9H2,1-5H3,(H,15,18)/t10?,11-/m1/s1. The third kappa shape index (κ3) is 10.5. The lowest BCUT2D eigenvalue weighted by Gasteiger charge is -2.26. The molecule has 0 bridgehead atoms. The van der Waals surface area contributed by atoms with E-state index in [2.05, 4.69) is 5.32 Å². The molecule has 0 saturated carbocycles. The molecular weight excluding hydrogens is 308 g/mol. The van der Waals surface area contributed by atoms with Gasteiger partial charge in [0.1, 0.15) is 5.60 Å². The monoisotopic (exact) mass is 334 g/mol. The summed E-state index contributed by atoms with van der Waals surface area (Å²) >= 11 is 0. The molecule has 0 aliphatic rings. The van der Waals surface area contributed by atoms with Gasteiger partial charge in [-0.2, -0.15) is 0 Å². The van der Waals surface area contributed by atoms with Crippen molar-refractivity contribution in [2.75, 3.05) is 26.9 Å². The number of alkyl carbamates (subject to hydrolysis) is 1. The molecule has 0 rings (SSSR count). The van der Waals surface area contributed by atoms with E-state index in [0.29, 0.717) is 0 Å². The predicted octanol–water partition coefficient (Wildman–Crippen LogP) is 1.37. The Labute approximate surface area is 135 Å². The second kappa shape index (κ2) is 9.98. The first-order valence-corrected chi connectivity index (χ1v) is 7.35. The van der Waals surface area contributed by atoms with Crippen LogP contribution in [0.25, 0.3) is 0 Å². The third-order valence-electron chi connectivity index (χ3n) is 2.74. The summed E-state index contributed by atoms with van der Waals surface area (Å²) in [7, 11) is 1.40. The van der Waals surface area contributed by atoms with Crippen LogP contribution in [0.15, 0.2) is 0 Å². The molecule has 0 radical (unpaired) electrons. The van der Waals surface area contributed by atoms with Crippen LogP contribution < -0.4 is 5.32 Å². The van der Waals surface area contributed by atoms with Crippen molar-refractivity contribution in [2.45, 2.75) is 45.8 Å². The molecule has 1 unspecified atom stereocenters. The van der Waals surface area contributed by atoms with Gasteiger partial charge in [0.15, 0.2) is 0 Å². The van der Waals surface area contributed by atoms with Gasteiger partial charge in [0, 0.05) is 12.0 Å². The van der Waals surface area contributed by atoms with E-state index in [9.17, 15) is 19.7 Å². The van der Waals surface area contributed by atoms with Crippen LogP contribution in [0.3, 0.4) is 0 Å². The van der Waals surface area contributed by atoms with Crippen LogP contribution in [0.5, 0.6) is 0 Å². The molecular formula is C14H26N2O7. The zero-order valence-corrected chi connectivity index (χ0v) is 14.3.